The normalized spacial score (nSPS) is 23.4. The van der Waals surface area contributed by atoms with Crippen LogP contribution in [-0.4, -0.2) is 62.6 Å². The summed E-state index contributed by atoms with van der Waals surface area (Å²) in [5.41, 5.74) is 0.227. The SMILES string of the molecule is O=C(O)C1CCCCN1C(=O)c1cn(C2CNC2)nn1. The van der Waals surface area contributed by atoms with Crippen molar-refractivity contribution in [1.29, 1.82) is 0 Å². The Hall–Kier alpha value is -1.96. The molecule has 0 bridgehead atoms. The molecule has 1 aromatic heterocycles. The molecular formula is C12H17N5O3. The maximum Gasteiger partial charge on any atom is 0.326 e. The number of aliphatic carboxylic acids is 1. The van der Waals surface area contributed by atoms with Gasteiger partial charge in [0.1, 0.15) is 6.04 Å². The molecule has 1 amide bonds. The molecule has 2 fully saturated rings. The number of hydrogen-bond acceptors (Lipinski definition) is 5. The van der Waals surface area contributed by atoms with Crippen LogP contribution in [0.15, 0.2) is 6.20 Å². The van der Waals surface area contributed by atoms with Gasteiger partial charge in [-0.25, -0.2) is 9.48 Å². The number of rotatable bonds is 3. The number of carboxylic acid groups (broad SMARTS) is 1. The van der Waals surface area contributed by atoms with Crippen molar-refractivity contribution in [1.82, 2.24) is 25.2 Å². The van der Waals surface area contributed by atoms with Gasteiger partial charge in [-0.05, 0) is 19.3 Å². The van der Waals surface area contributed by atoms with Gasteiger partial charge in [0.2, 0.25) is 0 Å². The van der Waals surface area contributed by atoms with Crippen LogP contribution < -0.4 is 5.32 Å². The highest BCUT2D eigenvalue weighted by Gasteiger charge is 2.34. The summed E-state index contributed by atoms with van der Waals surface area (Å²) >= 11 is 0. The van der Waals surface area contributed by atoms with E-state index in [9.17, 15) is 14.7 Å². The van der Waals surface area contributed by atoms with Crippen molar-refractivity contribution in [3.8, 4) is 0 Å². The quantitative estimate of drug-likeness (QED) is 0.774. The number of nitrogens with zero attached hydrogens (tertiary/aromatic N) is 4. The van der Waals surface area contributed by atoms with E-state index in [0.29, 0.717) is 13.0 Å². The van der Waals surface area contributed by atoms with Crippen LogP contribution in [0, 0.1) is 0 Å². The third kappa shape index (κ3) is 2.26. The van der Waals surface area contributed by atoms with Crippen LogP contribution in [0.4, 0.5) is 0 Å². The Bertz CT molecular complexity index is 525. The predicted octanol–water partition coefficient (Wildman–Crippen LogP) is -0.498. The Labute approximate surface area is 115 Å². The lowest BCUT2D eigenvalue weighted by Gasteiger charge is -2.32. The van der Waals surface area contributed by atoms with Gasteiger partial charge in [0, 0.05) is 19.6 Å². The van der Waals surface area contributed by atoms with Gasteiger partial charge >= 0.3 is 5.97 Å². The van der Waals surface area contributed by atoms with Crippen LogP contribution in [0.25, 0.3) is 0 Å². The molecule has 3 heterocycles. The van der Waals surface area contributed by atoms with Gasteiger partial charge in [0.15, 0.2) is 5.69 Å². The molecule has 1 aromatic rings. The maximum atomic E-state index is 12.4. The first-order valence-corrected chi connectivity index (χ1v) is 6.83. The van der Waals surface area contributed by atoms with Crippen LogP contribution in [-0.2, 0) is 4.79 Å². The minimum absolute atomic E-state index is 0.227. The van der Waals surface area contributed by atoms with Crippen LogP contribution >= 0.6 is 0 Å². The number of likely N-dealkylation sites (tertiary alicyclic amines) is 1. The molecule has 8 heteroatoms. The zero-order valence-corrected chi connectivity index (χ0v) is 11.0. The molecule has 2 N–H and O–H groups in total. The molecular weight excluding hydrogens is 262 g/mol. The summed E-state index contributed by atoms with van der Waals surface area (Å²) in [6, 6.07) is -0.507. The summed E-state index contributed by atoms with van der Waals surface area (Å²) in [6.07, 6.45) is 3.78. The summed E-state index contributed by atoms with van der Waals surface area (Å²) in [5.74, 6) is -1.29. The number of amides is 1. The van der Waals surface area contributed by atoms with Crippen LogP contribution in [0.5, 0.6) is 0 Å². The van der Waals surface area contributed by atoms with Crippen molar-refractivity contribution < 1.29 is 14.7 Å². The molecule has 3 rings (SSSR count). The number of hydrogen-bond donors (Lipinski definition) is 2. The van der Waals surface area contributed by atoms with Gasteiger partial charge in [0.05, 0.1) is 12.2 Å². The maximum absolute atomic E-state index is 12.4. The Morgan fingerprint density at radius 3 is 2.80 bits per heavy atom. The Kier molecular flexibility index (Phi) is 3.39. The molecule has 1 atom stereocenters. The van der Waals surface area contributed by atoms with Gasteiger partial charge in [-0.2, -0.15) is 0 Å². The number of nitrogens with one attached hydrogen (secondary N) is 1. The molecule has 20 heavy (non-hydrogen) atoms. The van der Waals surface area contributed by atoms with E-state index in [2.05, 4.69) is 15.6 Å². The van der Waals surface area contributed by atoms with Crippen LogP contribution in [0.2, 0.25) is 0 Å². The molecule has 0 aliphatic carbocycles. The summed E-state index contributed by atoms with van der Waals surface area (Å²) < 4.78 is 1.67. The first-order chi connectivity index (χ1) is 9.66. The minimum Gasteiger partial charge on any atom is -0.480 e. The Balaban J connectivity index is 1.76. The molecule has 1 unspecified atom stereocenters. The number of piperidine rings is 1. The van der Waals surface area contributed by atoms with Crippen LogP contribution in [0.1, 0.15) is 35.8 Å². The van der Waals surface area contributed by atoms with Crippen molar-refractivity contribution in [3.05, 3.63) is 11.9 Å². The van der Waals surface area contributed by atoms with E-state index in [1.165, 1.54) is 4.90 Å². The van der Waals surface area contributed by atoms with Gasteiger partial charge in [-0.3, -0.25) is 4.79 Å². The molecule has 8 nitrogen and oxygen atoms in total. The third-order valence-electron chi connectivity index (χ3n) is 3.91. The number of carboxylic acids is 1. The summed E-state index contributed by atoms with van der Waals surface area (Å²) in [4.78, 5) is 25.0. The first-order valence-electron chi connectivity index (χ1n) is 6.83. The predicted molar refractivity (Wildman–Crippen MR) is 68.2 cm³/mol. The smallest absolute Gasteiger partial charge is 0.326 e. The molecule has 0 radical (unpaired) electrons. The highest BCUT2D eigenvalue weighted by molar-refractivity contribution is 5.94. The average Bonchev–Trinajstić information content (AvgIpc) is 2.85. The number of carbonyl (C=O) groups is 2. The summed E-state index contributed by atoms with van der Waals surface area (Å²) in [5, 5.41) is 20.2. The largest absolute Gasteiger partial charge is 0.480 e. The highest BCUT2D eigenvalue weighted by atomic mass is 16.4. The third-order valence-corrected chi connectivity index (χ3v) is 3.91. The van der Waals surface area contributed by atoms with Crippen molar-refractivity contribution in [2.75, 3.05) is 19.6 Å². The molecule has 0 aromatic carbocycles. The molecule has 108 valence electrons. The Morgan fingerprint density at radius 1 is 1.35 bits per heavy atom. The highest BCUT2D eigenvalue weighted by Crippen LogP contribution is 2.20. The molecule has 0 spiro atoms. The van der Waals surface area contributed by atoms with Gasteiger partial charge < -0.3 is 15.3 Å². The van der Waals surface area contributed by atoms with Gasteiger partial charge in [-0.1, -0.05) is 5.21 Å². The standard InChI is InChI=1S/C12H17N5O3/c18-11(16-4-2-1-3-10(16)12(19)20)9-7-17(15-14-9)8-5-13-6-8/h7-8,10,13H,1-6H2,(H,19,20). The lowest BCUT2D eigenvalue weighted by atomic mass is 10.0. The molecule has 2 aliphatic rings. The summed E-state index contributed by atoms with van der Waals surface area (Å²) in [7, 11) is 0. The van der Waals surface area contributed by atoms with E-state index in [1.54, 1.807) is 10.9 Å². The van der Waals surface area contributed by atoms with E-state index in [1.807, 2.05) is 0 Å². The van der Waals surface area contributed by atoms with E-state index < -0.39 is 12.0 Å². The zero-order chi connectivity index (χ0) is 14.1. The second kappa shape index (κ2) is 5.20. The van der Waals surface area contributed by atoms with Crippen molar-refractivity contribution in [3.63, 3.8) is 0 Å². The molecule has 0 saturated carbocycles. The lowest BCUT2D eigenvalue weighted by molar-refractivity contribution is -0.143. The fourth-order valence-electron chi connectivity index (χ4n) is 2.59. The molecule has 2 aliphatic heterocycles. The van der Waals surface area contributed by atoms with Crippen LogP contribution in [0.3, 0.4) is 0 Å². The zero-order valence-electron chi connectivity index (χ0n) is 11.0. The number of aromatic nitrogens is 3. The second-order valence-corrected chi connectivity index (χ2v) is 5.24. The van der Waals surface area contributed by atoms with Gasteiger partial charge in [0.25, 0.3) is 5.91 Å². The van der Waals surface area contributed by atoms with E-state index >= 15 is 0 Å². The van der Waals surface area contributed by atoms with E-state index in [-0.39, 0.29) is 17.6 Å². The first kappa shape index (κ1) is 13.0. The van der Waals surface area contributed by atoms with E-state index in [4.69, 9.17) is 0 Å². The lowest BCUT2D eigenvalue weighted by Crippen LogP contribution is -2.48. The van der Waals surface area contributed by atoms with Crippen molar-refractivity contribution in [2.45, 2.75) is 31.3 Å². The van der Waals surface area contributed by atoms with Crippen molar-refractivity contribution >= 4 is 11.9 Å². The summed E-state index contributed by atoms with van der Waals surface area (Å²) in [6.45, 7) is 2.10. The van der Waals surface area contributed by atoms with E-state index in [0.717, 1.165) is 25.9 Å². The average molecular weight is 279 g/mol. The monoisotopic (exact) mass is 279 g/mol. The minimum atomic E-state index is -0.950. The van der Waals surface area contributed by atoms with Gasteiger partial charge in [-0.15, -0.1) is 5.10 Å². The van der Waals surface area contributed by atoms with Crippen molar-refractivity contribution in [2.24, 2.45) is 0 Å². The number of carbonyl (C=O) groups excluding carboxylic acids is 1. The fraction of sp³-hybridized carbons (Fsp3) is 0.667. The molecule has 2 saturated heterocycles. The second-order valence-electron chi connectivity index (χ2n) is 5.24. The Morgan fingerprint density at radius 2 is 2.15 bits per heavy atom. The fourth-order valence-corrected chi connectivity index (χ4v) is 2.59. The topological polar surface area (TPSA) is 100 Å².